The topological polar surface area (TPSA) is 51.2 Å². The van der Waals surface area contributed by atoms with Gasteiger partial charge < -0.3 is 10.1 Å². The molecule has 0 spiro atoms. The maximum Gasteiger partial charge on any atom is 0.229 e. The molecular weight excluding hydrogens is 211 g/mol. The van der Waals surface area contributed by atoms with E-state index < -0.39 is 5.95 Å². The van der Waals surface area contributed by atoms with Crippen LogP contribution >= 0.6 is 0 Å². The van der Waals surface area contributed by atoms with Gasteiger partial charge in [0.1, 0.15) is 0 Å². The molecule has 2 heterocycles. The molecule has 1 atom stereocenters. The zero-order valence-corrected chi connectivity index (χ0v) is 8.78. The van der Waals surface area contributed by atoms with E-state index >= 15 is 0 Å². The molecule has 0 aromatic carbocycles. The van der Waals surface area contributed by atoms with Crippen LogP contribution in [0.15, 0.2) is 18.3 Å². The number of nitrogens with zero attached hydrogens (tertiary/aromatic N) is 1. The lowest BCUT2D eigenvalue weighted by Gasteiger charge is -2.21. The summed E-state index contributed by atoms with van der Waals surface area (Å²) in [5, 5.41) is 2.69. The Balaban J connectivity index is 1.93. The molecular formula is C11H13FN2O2. The molecule has 1 unspecified atom stereocenters. The Labute approximate surface area is 92.8 Å². The van der Waals surface area contributed by atoms with Gasteiger partial charge in [0.15, 0.2) is 0 Å². The number of hydrogen-bond donors (Lipinski definition) is 1. The molecule has 0 saturated carbocycles. The summed E-state index contributed by atoms with van der Waals surface area (Å²) in [7, 11) is 0. The van der Waals surface area contributed by atoms with Crippen molar-refractivity contribution >= 4 is 11.6 Å². The second-order valence-corrected chi connectivity index (χ2v) is 3.77. The summed E-state index contributed by atoms with van der Waals surface area (Å²) in [6.07, 6.45) is 3.04. The maximum absolute atomic E-state index is 12.5. The number of hydrogen-bond acceptors (Lipinski definition) is 3. The van der Waals surface area contributed by atoms with E-state index in [-0.39, 0.29) is 11.8 Å². The first-order valence-corrected chi connectivity index (χ1v) is 5.26. The second-order valence-electron chi connectivity index (χ2n) is 3.77. The van der Waals surface area contributed by atoms with Gasteiger partial charge in [-0.25, -0.2) is 4.98 Å². The molecule has 1 aromatic rings. The van der Waals surface area contributed by atoms with Gasteiger partial charge in [-0.15, -0.1) is 0 Å². The summed E-state index contributed by atoms with van der Waals surface area (Å²) in [4.78, 5) is 15.2. The average Bonchev–Trinajstić information content (AvgIpc) is 2.33. The summed E-state index contributed by atoms with van der Waals surface area (Å²) in [5.74, 6) is -0.758. The Morgan fingerprint density at radius 1 is 1.56 bits per heavy atom. The smallest absolute Gasteiger partial charge is 0.229 e. The van der Waals surface area contributed by atoms with Crippen LogP contribution in [0, 0.1) is 11.9 Å². The number of rotatable bonds is 2. The van der Waals surface area contributed by atoms with Crippen LogP contribution in [0.1, 0.15) is 12.8 Å². The molecule has 1 fully saturated rings. The number of anilines is 1. The summed E-state index contributed by atoms with van der Waals surface area (Å²) in [5.41, 5.74) is 0.511. The first-order valence-electron chi connectivity index (χ1n) is 5.26. The van der Waals surface area contributed by atoms with E-state index in [9.17, 15) is 9.18 Å². The zero-order valence-electron chi connectivity index (χ0n) is 8.78. The third-order valence-electron chi connectivity index (χ3n) is 2.53. The fourth-order valence-corrected chi connectivity index (χ4v) is 1.64. The quantitative estimate of drug-likeness (QED) is 0.776. The van der Waals surface area contributed by atoms with Crippen molar-refractivity contribution in [2.75, 3.05) is 18.5 Å². The predicted octanol–water partition coefficient (Wildman–Crippen LogP) is 1.59. The minimum absolute atomic E-state index is 0.0897. The molecule has 1 saturated heterocycles. The lowest BCUT2D eigenvalue weighted by atomic mass is 10.0. The van der Waals surface area contributed by atoms with Crippen molar-refractivity contribution in [1.82, 2.24) is 4.98 Å². The van der Waals surface area contributed by atoms with Crippen molar-refractivity contribution < 1.29 is 13.9 Å². The average molecular weight is 224 g/mol. The van der Waals surface area contributed by atoms with Gasteiger partial charge in [0.2, 0.25) is 11.9 Å². The normalized spacial score (nSPS) is 20.4. The highest BCUT2D eigenvalue weighted by molar-refractivity contribution is 5.92. The molecule has 16 heavy (non-hydrogen) atoms. The monoisotopic (exact) mass is 224 g/mol. The van der Waals surface area contributed by atoms with Crippen LogP contribution in [0.4, 0.5) is 10.1 Å². The predicted molar refractivity (Wildman–Crippen MR) is 56.4 cm³/mol. The second kappa shape index (κ2) is 5.03. The molecule has 4 nitrogen and oxygen atoms in total. The molecule has 1 amide bonds. The van der Waals surface area contributed by atoms with E-state index in [1.165, 1.54) is 18.3 Å². The Hall–Kier alpha value is -1.49. The van der Waals surface area contributed by atoms with E-state index in [0.29, 0.717) is 12.3 Å². The van der Waals surface area contributed by atoms with Crippen LogP contribution in [0.5, 0.6) is 0 Å². The molecule has 2 rings (SSSR count). The Morgan fingerprint density at radius 3 is 3.06 bits per heavy atom. The Kier molecular flexibility index (Phi) is 3.46. The lowest BCUT2D eigenvalue weighted by molar-refractivity contribution is -0.123. The Bertz CT molecular complexity index is 361. The summed E-state index contributed by atoms with van der Waals surface area (Å²) in [6.45, 7) is 1.18. The van der Waals surface area contributed by atoms with Crippen LogP contribution in [0.25, 0.3) is 0 Å². The number of amides is 1. The first-order chi connectivity index (χ1) is 7.75. The van der Waals surface area contributed by atoms with Crippen LogP contribution in [0.2, 0.25) is 0 Å². The van der Waals surface area contributed by atoms with Crippen molar-refractivity contribution in [3.05, 3.63) is 24.3 Å². The van der Waals surface area contributed by atoms with E-state index in [1.54, 1.807) is 0 Å². The molecule has 1 aliphatic rings. The zero-order chi connectivity index (χ0) is 11.4. The highest BCUT2D eigenvalue weighted by Gasteiger charge is 2.21. The summed E-state index contributed by atoms with van der Waals surface area (Å²) in [6, 6.07) is 2.71. The van der Waals surface area contributed by atoms with Crippen molar-refractivity contribution in [2.24, 2.45) is 5.92 Å². The van der Waals surface area contributed by atoms with Gasteiger partial charge in [-0.1, -0.05) is 0 Å². The molecule has 86 valence electrons. The molecule has 1 N–H and O–H groups in total. The number of nitrogens with one attached hydrogen (secondary N) is 1. The summed E-state index contributed by atoms with van der Waals surface area (Å²) < 4.78 is 17.8. The van der Waals surface area contributed by atoms with Crippen LogP contribution in [0.3, 0.4) is 0 Å². The number of aromatic nitrogens is 1. The van der Waals surface area contributed by atoms with Gasteiger partial charge in [-0.3, -0.25) is 4.79 Å². The van der Waals surface area contributed by atoms with Crippen molar-refractivity contribution in [2.45, 2.75) is 12.8 Å². The molecule has 1 aliphatic heterocycles. The van der Waals surface area contributed by atoms with E-state index in [1.807, 2.05) is 0 Å². The number of carbonyl (C=O) groups is 1. The van der Waals surface area contributed by atoms with Gasteiger partial charge in [-0.2, -0.15) is 4.39 Å². The third-order valence-corrected chi connectivity index (χ3v) is 2.53. The van der Waals surface area contributed by atoms with Crippen LogP contribution in [-0.4, -0.2) is 24.1 Å². The van der Waals surface area contributed by atoms with Crippen LogP contribution < -0.4 is 5.32 Å². The number of carbonyl (C=O) groups excluding carboxylic acids is 1. The molecule has 1 aromatic heterocycles. The molecule has 0 aliphatic carbocycles. The lowest BCUT2D eigenvalue weighted by Crippen LogP contribution is -2.30. The molecule has 5 heteroatoms. The highest BCUT2D eigenvalue weighted by atomic mass is 19.1. The van der Waals surface area contributed by atoms with Crippen molar-refractivity contribution in [1.29, 1.82) is 0 Å². The van der Waals surface area contributed by atoms with E-state index in [2.05, 4.69) is 10.3 Å². The van der Waals surface area contributed by atoms with Gasteiger partial charge in [0.05, 0.1) is 24.4 Å². The van der Waals surface area contributed by atoms with Gasteiger partial charge in [0, 0.05) is 6.61 Å². The molecule has 0 radical (unpaired) electrons. The SMILES string of the molecule is O=C(Nc1ccc(F)nc1)C1CCCOC1. The van der Waals surface area contributed by atoms with Gasteiger partial charge in [-0.05, 0) is 25.0 Å². The minimum atomic E-state index is -0.556. The van der Waals surface area contributed by atoms with Crippen molar-refractivity contribution in [3.8, 4) is 0 Å². The Morgan fingerprint density at radius 2 is 2.44 bits per heavy atom. The first kappa shape index (κ1) is 11.0. The minimum Gasteiger partial charge on any atom is -0.381 e. The summed E-state index contributed by atoms with van der Waals surface area (Å²) >= 11 is 0. The standard InChI is InChI=1S/C11H13FN2O2/c12-10-4-3-9(6-13-10)14-11(15)8-2-1-5-16-7-8/h3-4,6,8H,1-2,5,7H2,(H,14,15). The fourth-order valence-electron chi connectivity index (χ4n) is 1.64. The largest absolute Gasteiger partial charge is 0.381 e. The van der Waals surface area contributed by atoms with Gasteiger partial charge in [0.25, 0.3) is 0 Å². The number of pyridine rings is 1. The third kappa shape index (κ3) is 2.76. The van der Waals surface area contributed by atoms with Gasteiger partial charge >= 0.3 is 0 Å². The maximum atomic E-state index is 12.5. The van der Waals surface area contributed by atoms with Crippen molar-refractivity contribution in [3.63, 3.8) is 0 Å². The van der Waals surface area contributed by atoms with Crippen LogP contribution in [-0.2, 0) is 9.53 Å². The molecule has 0 bridgehead atoms. The number of ether oxygens (including phenoxy) is 1. The van der Waals surface area contributed by atoms with E-state index in [0.717, 1.165) is 19.4 Å². The fraction of sp³-hybridized carbons (Fsp3) is 0.455. The van der Waals surface area contributed by atoms with E-state index in [4.69, 9.17) is 4.74 Å². The highest BCUT2D eigenvalue weighted by Crippen LogP contribution is 2.16. The number of halogens is 1.